The maximum absolute atomic E-state index is 13.2. The quantitative estimate of drug-likeness (QED) is 0.522. The molecule has 1 aromatic heterocycles. The molecule has 0 saturated heterocycles. The van der Waals surface area contributed by atoms with Crippen molar-refractivity contribution in [1.82, 2.24) is 10.5 Å². The predicted octanol–water partition coefficient (Wildman–Crippen LogP) is 4.92. The molecule has 1 amide bonds. The van der Waals surface area contributed by atoms with Crippen molar-refractivity contribution in [3.05, 3.63) is 71.5 Å². The molecule has 1 heterocycles. The van der Waals surface area contributed by atoms with E-state index in [-0.39, 0.29) is 12.5 Å². The van der Waals surface area contributed by atoms with E-state index < -0.39 is 17.9 Å². The molecule has 1 aliphatic rings. The minimum absolute atomic E-state index is 0.239. The summed E-state index contributed by atoms with van der Waals surface area (Å²) in [6, 6.07) is 15.8. The first-order valence-corrected chi connectivity index (χ1v) is 10.8. The number of benzene rings is 2. The van der Waals surface area contributed by atoms with E-state index in [9.17, 15) is 14.7 Å². The number of carbonyl (C=O) groups excluding carboxylic acids is 1. The van der Waals surface area contributed by atoms with Gasteiger partial charge in [0.2, 0.25) is 0 Å². The predicted molar refractivity (Wildman–Crippen MR) is 118 cm³/mol. The number of ether oxygens (including phenoxy) is 1. The number of hydrogen-bond acceptors (Lipinski definition) is 5. The van der Waals surface area contributed by atoms with Gasteiger partial charge in [-0.3, -0.25) is 9.59 Å². The highest BCUT2D eigenvalue weighted by Gasteiger charge is 2.26. The fraction of sp³-hybridized carbons (Fsp3) is 0.320. The second-order valence-corrected chi connectivity index (χ2v) is 8.05. The molecule has 166 valence electrons. The average molecular weight is 434 g/mol. The molecule has 4 rings (SSSR count). The summed E-state index contributed by atoms with van der Waals surface area (Å²) in [7, 11) is 0. The molecule has 1 aliphatic carbocycles. The lowest BCUT2D eigenvalue weighted by Gasteiger charge is -2.19. The molecule has 0 bridgehead atoms. The summed E-state index contributed by atoms with van der Waals surface area (Å²) < 4.78 is 11.3. The third kappa shape index (κ3) is 4.99. The normalized spacial score (nSPS) is 14.8. The minimum Gasteiger partial charge on any atom is -0.490 e. The second kappa shape index (κ2) is 9.68. The molecular weight excluding hydrogens is 408 g/mol. The van der Waals surface area contributed by atoms with Gasteiger partial charge in [-0.1, -0.05) is 47.6 Å². The third-order valence-electron chi connectivity index (χ3n) is 5.71. The Morgan fingerprint density at radius 3 is 2.47 bits per heavy atom. The average Bonchev–Trinajstić information content (AvgIpc) is 3.43. The van der Waals surface area contributed by atoms with E-state index in [0.717, 1.165) is 24.2 Å². The van der Waals surface area contributed by atoms with Crippen LogP contribution in [-0.4, -0.2) is 28.2 Å². The number of nitrogens with zero attached hydrogens (tertiary/aromatic N) is 1. The molecule has 0 aliphatic heterocycles. The number of aliphatic carboxylic acids is 1. The van der Waals surface area contributed by atoms with Crippen molar-refractivity contribution < 1.29 is 24.0 Å². The lowest BCUT2D eigenvalue weighted by atomic mass is 10.0. The van der Waals surface area contributed by atoms with E-state index in [4.69, 9.17) is 9.26 Å². The summed E-state index contributed by atoms with van der Waals surface area (Å²) in [6.45, 7) is 1.66. The molecule has 7 nitrogen and oxygen atoms in total. The molecule has 32 heavy (non-hydrogen) atoms. The van der Waals surface area contributed by atoms with E-state index in [2.05, 4.69) is 10.5 Å². The van der Waals surface area contributed by atoms with Crippen LogP contribution in [0.25, 0.3) is 11.3 Å². The van der Waals surface area contributed by atoms with Crippen molar-refractivity contribution in [1.29, 1.82) is 0 Å². The zero-order valence-electron chi connectivity index (χ0n) is 17.9. The number of nitrogens with one attached hydrogen (secondary N) is 1. The van der Waals surface area contributed by atoms with E-state index in [1.165, 1.54) is 12.8 Å². The van der Waals surface area contributed by atoms with Gasteiger partial charge in [-0.25, -0.2) is 0 Å². The van der Waals surface area contributed by atoms with Crippen molar-refractivity contribution in [2.45, 2.75) is 51.2 Å². The van der Waals surface area contributed by atoms with Crippen molar-refractivity contribution in [3.8, 4) is 17.0 Å². The molecule has 7 heteroatoms. The second-order valence-electron chi connectivity index (χ2n) is 8.05. The van der Waals surface area contributed by atoms with Gasteiger partial charge in [0, 0.05) is 5.56 Å². The number of rotatable bonds is 8. The number of hydrogen-bond donors (Lipinski definition) is 2. The van der Waals surface area contributed by atoms with Gasteiger partial charge in [-0.2, -0.15) is 0 Å². The van der Waals surface area contributed by atoms with Gasteiger partial charge < -0.3 is 19.7 Å². The monoisotopic (exact) mass is 434 g/mol. The first-order chi connectivity index (χ1) is 15.5. The van der Waals surface area contributed by atoms with Crippen molar-refractivity contribution >= 4 is 11.9 Å². The van der Waals surface area contributed by atoms with Crippen molar-refractivity contribution in [2.24, 2.45) is 0 Å². The molecule has 1 fully saturated rings. The maximum Gasteiger partial charge on any atom is 0.305 e. The Balaban J connectivity index is 1.54. The summed E-state index contributed by atoms with van der Waals surface area (Å²) in [5, 5.41) is 16.3. The Labute approximate surface area is 186 Å². The number of aryl methyl sites for hydroxylation is 1. The maximum atomic E-state index is 13.2. The van der Waals surface area contributed by atoms with Gasteiger partial charge in [0.05, 0.1) is 18.6 Å². The van der Waals surface area contributed by atoms with Crippen LogP contribution in [0, 0.1) is 6.92 Å². The highest BCUT2D eigenvalue weighted by Crippen LogP contribution is 2.28. The highest BCUT2D eigenvalue weighted by molar-refractivity contribution is 6.01. The summed E-state index contributed by atoms with van der Waals surface area (Å²) in [5.41, 5.74) is 2.16. The molecule has 2 aromatic carbocycles. The van der Waals surface area contributed by atoms with Crippen LogP contribution in [-0.2, 0) is 4.79 Å². The lowest BCUT2D eigenvalue weighted by molar-refractivity contribution is -0.137. The van der Waals surface area contributed by atoms with Crippen LogP contribution in [0.3, 0.4) is 0 Å². The van der Waals surface area contributed by atoms with Crippen LogP contribution in [0.15, 0.2) is 59.1 Å². The molecular formula is C25H26N2O5. The standard InChI is InChI=1S/C25H26N2O5/c1-16-23(24(27-32-16)18-7-3-2-4-8-18)25(30)26-21(15-22(28)29)17-11-13-20(14-12-17)31-19-9-5-6-10-19/h2-4,7-8,11-14,19,21H,5-6,9-10,15H2,1H3,(H,26,30)(H,28,29). The van der Waals surface area contributed by atoms with E-state index >= 15 is 0 Å². The Morgan fingerprint density at radius 1 is 1.12 bits per heavy atom. The summed E-state index contributed by atoms with van der Waals surface area (Å²) in [6.07, 6.45) is 4.47. The fourth-order valence-electron chi connectivity index (χ4n) is 4.07. The van der Waals surface area contributed by atoms with E-state index in [1.54, 1.807) is 19.1 Å². The van der Waals surface area contributed by atoms with E-state index in [0.29, 0.717) is 22.6 Å². The van der Waals surface area contributed by atoms with Crippen LogP contribution >= 0.6 is 0 Å². The smallest absolute Gasteiger partial charge is 0.305 e. The van der Waals surface area contributed by atoms with Gasteiger partial charge in [-0.15, -0.1) is 0 Å². The third-order valence-corrected chi connectivity index (χ3v) is 5.71. The van der Waals surface area contributed by atoms with Crippen molar-refractivity contribution in [3.63, 3.8) is 0 Å². The zero-order chi connectivity index (χ0) is 22.5. The summed E-state index contributed by atoms with van der Waals surface area (Å²) in [5.74, 6) is -0.315. The van der Waals surface area contributed by atoms with Gasteiger partial charge >= 0.3 is 5.97 Å². The van der Waals surface area contributed by atoms with E-state index in [1.807, 2.05) is 42.5 Å². The number of aromatic nitrogens is 1. The number of carboxylic acids is 1. The topological polar surface area (TPSA) is 102 Å². The molecule has 1 unspecified atom stereocenters. The molecule has 1 saturated carbocycles. The van der Waals surface area contributed by atoms with Crippen LogP contribution in [0.4, 0.5) is 0 Å². The van der Waals surface area contributed by atoms with Gasteiger partial charge in [0.15, 0.2) is 0 Å². The molecule has 2 N–H and O–H groups in total. The van der Waals surface area contributed by atoms with Crippen LogP contribution in [0.2, 0.25) is 0 Å². The molecule has 1 atom stereocenters. The van der Waals surface area contributed by atoms with Crippen LogP contribution in [0.1, 0.15) is 59.8 Å². The molecule has 0 radical (unpaired) electrons. The van der Waals surface area contributed by atoms with Crippen LogP contribution < -0.4 is 10.1 Å². The van der Waals surface area contributed by atoms with Gasteiger partial charge in [0.25, 0.3) is 5.91 Å². The van der Waals surface area contributed by atoms with Gasteiger partial charge in [-0.05, 0) is 50.3 Å². The SMILES string of the molecule is Cc1onc(-c2ccccc2)c1C(=O)NC(CC(=O)O)c1ccc(OC2CCCC2)cc1. The Morgan fingerprint density at radius 2 is 1.81 bits per heavy atom. The van der Waals surface area contributed by atoms with Crippen LogP contribution in [0.5, 0.6) is 5.75 Å². The highest BCUT2D eigenvalue weighted by atomic mass is 16.5. The summed E-state index contributed by atoms with van der Waals surface area (Å²) >= 11 is 0. The number of carboxylic acid groups (broad SMARTS) is 1. The Kier molecular flexibility index (Phi) is 6.54. The first-order valence-electron chi connectivity index (χ1n) is 10.8. The number of carbonyl (C=O) groups is 2. The lowest BCUT2D eigenvalue weighted by Crippen LogP contribution is -2.30. The molecule has 3 aromatic rings. The van der Waals surface area contributed by atoms with Gasteiger partial charge in [0.1, 0.15) is 22.8 Å². The number of amides is 1. The minimum atomic E-state index is -1.01. The first kappa shape index (κ1) is 21.6. The Hall–Kier alpha value is -3.61. The summed E-state index contributed by atoms with van der Waals surface area (Å²) in [4.78, 5) is 24.7. The zero-order valence-corrected chi connectivity index (χ0v) is 17.9. The Bertz CT molecular complexity index is 1070. The fourth-order valence-corrected chi connectivity index (χ4v) is 4.07. The van der Waals surface area contributed by atoms with Crippen molar-refractivity contribution in [2.75, 3.05) is 0 Å². The largest absolute Gasteiger partial charge is 0.490 e. The molecule has 0 spiro atoms.